The number of hydrogen-bond donors (Lipinski definition) is 0. The first-order valence-electron chi connectivity index (χ1n) is 11.7. The van der Waals surface area contributed by atoms with E-state index in [1.807, 2.05) is 65.6 Å². The number of benzene rings is 3. The lowest BCUT2D eigenvalue weighted by Crippen LogP contribution is -2.42. The first-order chi connectivity index (χ1) is 16.8. The van der Waals surface area contributed by atoms with Gasteiger partial charge in [-0.3, -0.25) is 9.10 Å². The van der Waals surface area contributed by atoms with Crippen molar-refractivity contribution >= 4 is 21.8 Å². The van der Waals surface area contributed by atoms with E-state index in [0.29, 0.717) is 24.3 Å². The number of carbonyl (C=O) groups is 1. The van der Waals surface area contributed by atoms with Gasteiger partial charge >= 0.3 is 10.2 Å². The van der Waals surface area contributed by atoms with E-state index >= 15 is 0 Å². The van der Waals surface area contributed by atoms with Gasteiger partial charge in [0, 0.05) is 45.6 Å². The van der Waals surface area contributed by atoms with Crippen molar-refractivity contribution in [3.63, 3.8) is 0 Å². The van der Waals surface area contributed by atoms with E-state index in [0.717, 1.165) is 24.2 Å². The van der Waals surface area contributed by atoms with Crippen LogP contribution >= 0.6 is 0 Å². The predicted molar refractivity (Wildman–Crippen MR) is 138 cm³/mol. The van der Waals surface area contributed by atoms with Gasteiger partial charge in [0.05, 0.1) is 12.2 Å². The molecular weight excluding hydrogens is 462 g/mol. The number of rotatable bonds is 8. The van der Waals surface area contributed by atoms with E-state index in [1.54, 1.807) is 24.3 Å². The van der Waals surface area contributed by atoms with Gasteiger partial charge < -0.3 is 9.64 Å². The second kappa shape index (κ2) is 10.9. The molecule has 0 aromatic heterocycles. The highest BCUT2D eigenvalue weighted by atomic mass is 32.2. The number of carbonyl (C=O) groups excluding carboxylic acids is 1. The summed E-state index contributed by atoms with van der Waals surface area (Å²) >= 11 is 0. The number of nitrogens with zero attached hydrogens (tertiary/aromatic N) is 3. The quantitative estimate of drug-likeness (QED) is 0.472. The third-order valence-corrected chi connectivity index (χ3v) is 7.91. The molecule has 0 saturated carbocycles. The molecule has 1 aliphatic rings. The summed E-state index contributed by atoms with van der Waals surface area (Å²) < 4.78 is 34.6. The van der Waals surface area contributed by atoms with E-state index in [1.165, 1.54) is 22.7 Å². The Kier molecular flexibility index (Phi) is 7.73. The molecule has 4 rings (SSSR count). The van der Waals surface area contributed by atoms with E-state index < -0.39 is 10.2 Å². The smallest absolute Gasteiger partial charge is 0.303 e. The van der Waals surface area contributed by atoms with E-state index in [-0.39, 0.29) is 18.6 Å². The molecule has 1 fully saturated rings. The van der Waals surface area contributed by atoms with Crippen LogP contribution in [0.5, 0.6) is 5.75 Å². The van der Waals surface area contributed by atoms with Gasteiger partial charge in [-0.2, -0.15) is 12.7 Å². The lowest BCUT2D eigenvalue weighted by molar-refractivity contribution is 0.0595. The number of para-hydroxylation sites is 1. The lowest BCUT2D eigenvalue weighted by Gasteiger charge is -2.32. The highest BCUT2D eigenvalue weighted by molar-refractivity contribution is 7.90. The molecule has 0 aliphatic carbocycles. The van der Waals surface area contributed by atoms with E-state index in [9.17, 15) is 13.2 Å². The fraction of sp³-hybridized carbons (Fsp3) is 0.296. The minimum atomic E-state index is -3.72. The summed E-state index contributed by atoms with van der Waals surface area (Å²) in [6.07, 6.45) is 1.63. The van der Waals surface area contributed by atoms with Gasteiger partial charge in [-0.05, 0) is 42.0 Å². The Balaban J connectivity index is 1.43. The number of hydrogen-bond acceptors (Lipinski definition) is 4. The maximum atomic E-state index is 13.1. The molecule has 8 heteroatoms. The second-order valence-corrected chi connectivity index (χ2v) is 10.8. The summed E-state index contributed by atoms with van der Waals surface area (Å²) in [4.78, 5) is 14.9. The zero-order valence-electron chi connectivity index (χ0n) is 20.1. The van der Waals surface area contributed by atoms with Crippen LogP contribution < -0.4 is 9.04 Å². The first-order valence-corrected chi connectivity index (χ1v) is 13.1. The normalized spacial score (nSPS) is 14.7. The highest BCUT2D eigenvalue weighted by Crippen LogP contribution is 2.25. The largest absolute Gasteiger partial charge is 0.490 e. The van der Waals surface area contributed by atoms with Crippen LogP contribution in [-0.4, -0.2) is 56.8 Å². The van der Waals surface area contributed by atoms with Gasteiger partial charge in [-0.25, -0.2) is 0 Å². The van der Waals surface area contributed by atoms with Crippen LogP contribution in [-0.2, 0) is 16.8 Å². The number of anilines is 1. The minimum absolute atomic E-state index is 0.0558. The molecule has 3 aromatic rings. The van der Waals surface area contributed by atoms with Crippen molar-refractivity contribution in [1.29, 1.82) is 0 Å². The SMILES string of the molecule is CN(C)S(=O)(=O)N(Cc1ccccc1)c1ccc(C(=O)N2CCC(Oc3ccccc3)CC2)cc1. The summed E-state index contributed by atoms with van der Waals surface area (Å²) in [6, 6.07) is 26.0. The molecule has 0 N–H and O–H groups in total. The first kappa shape index (κ1) is 24.8. The van der Waals surface area contributed by atoms with Gasteiger partial charge in [0.2, 0.25) is 0 Å². The van der Waals surface area contributed by atoms with Crippen molar-refractivity contribution < 1.29 is 17.9 Å². The van der Waals surface area contributed by atoms with Crippen molar-refractivity contribution in [2.75, 3.05) is 31.5 Å². The summed E-state index contributed by atoms with van der Waals surface area (Å²) in [5.41, 5.74) is 1.92. The average Bonchev–Trinajstić information content (AvgIpc) is 2.88. The van der Waals surface area contributed by atoms with Crippen molar-refractivity contribution in [3.05, 3.63) is 96.1 Å². The zero-order chi connectivity index (χ0) is 24.8. The van der Waals surface area contributed by atoms with Gasteiger partial charge in [0.15, 0.2) is 0 Å². The van der Waals surface area contributed by atoms with E-state index in [4.69, 9.17) is 4.74 Å². The van der Waals surface area contributed by atoms with Gasteiger partial charge in [0.25, 0.3) is 5.91 Å². The molecule has 35 heavy (non-hydrogen) atoms. The monoisotopic (exact) mass is 493 g/mol. The molecule has 1 amide bonds. The molecule has 0 bridgehead atoms. The molecule has 0 spiro atoms. The molecular formula is C27H31N3O4S. The number of likely N-dealkylation sites (tertiary alicyclic amines) is 1. The zero-order valence-corrected chi connectivity index (χ0v) is 20.9. The van der Waals surface area contributed by atoms with Crippen molar-refractivity contribution in [3.8, 4) is 5.75 Å². The molecule has 3 aromatic carbocycles. The van der Waals surface area contributed by atoms with Gasteiger partial charge in [-0.1, -0.05) is 48.5 Å². The fourth-order valence-corrected chi connectivity index (χ4v) is 5.17. The molecule has 184 valence electrons. The fourth-order valence-electron chi connectivity index (χ4n) is 4.07. The van der Waals surface area contributed by atoms with Crippen LogP contribution in [0, 0.1) is 0 Å². The van der Waals surface area contributed by atoms with Crippen LogP contribution in [0.15, 0.2) is 84.9 Å². The average molecular weight is 494 g/mol. The lowest BCUT2D eigenvalue weighted by atomic mass is 10.1. The Morgan fingerprint density at radius 1 is 0.886 bits per heavy atom. The Labute approximate surface area is 207 Å². The van der Waals surface area contributed by atoms with Crippen LogP contribution in [0.2, 0.25) is 0 Å². The Morgan fingerprint density at radius 2 is 1.46 bits per heavy atom. The summed E-state index contributed by atoms with van der Waals surface area (Å²) in [5, 5.41) is 0. The van der Waals surface area contributed by atoms with Gasteiger partial charge in [-0.15, -0.1) is 0 Å². The minimum Gasteiger partial charge on any atom is -0.490 e. The van der Waals surface area contributed by atoms with Crippen molar-refractivity contribution in [1.82, 2.24) is 9.21 Å². The Morgan fingerprint density at radius 3 is 2.03 bits per heavy atom. The third kappa shape index (κ3) is 6.01. The molecule has 0 unspecified atom stereocenters. The van der Waals surface area contributed by atoms with Crippen LogP contribution in [0.1, 0.15) is 28.8 Å². The molecule has 1 heterocycles. The van der Waals surface area contributed by atoms with Crippen LogP contribution in [0.4, 0.5) is 5.69 Å². The van der Waals surface area contributed by atoms with Crippen LogP contribution in [0.3, 0.4) is 0 Å². The summed E-state index contributed by atoms with van der Waals surface area (Å²) in [7, 11) is -0.698. The van der Waals surface area contributed by atoms with Crippen molar-refractivity contribution in [2.45, 2.75) is 25.5 Å². The number of ether oxygens (including phenoxy) is 1. The maximum absolute atomic E-state index is 13.1. The van der Waals surface area contributed by atoms with Crippen molar-refractivity contribution in [2.24, 2.45) is 0 Å². The number of amides is 1. The standard InChI is InChI=1S/C27H31N3O4S/c1-28(2)35(32,33)30(21-22-9-5-3-6-10-22)24-15-13-23(14-16-24)27(31)29-19-17-26(18-20-29)34-25-11-7-4-8-12-25/h3-16,26H,17-21H2,1-2H3. The summed E-state index contributed by atoms with van der Waals surface area (Å²) in [5.74, 6) is 0.792. The third-order valence-electron chi connectivity index (χ3n) is 6.09. The molecule has 1 aliphatic heterocycles. The maximum Gasteiger partial charge on any atom is 0.303 e. The Hall–Kier alpha value is -3.36. The van der Waals surface area contributed by atoms with Gasteiger partial charge in [0.1, 0.15) is 11.9 Å². The summed E-state index contributed by atoms with van der Waals surface area (Å²) in [6.45, 7) is 1.43. The molecule has 0 radical (unpaired) electrons. The molecule has 1 saturated heterocycles. The number of piperidine rings is 1. The molecule has 0 atom stereocenters. The van der Waals surface area contributed by atoms with E-state index in [2.05, 4.69) is 0 Å². The topological polar surface area (TPSA) is 70.2 Å². The van der Waals surface area contributed by atoms with Crippen LogP contribution in [0.25, 0.3) is 0 Å². The Bertz CT molecular complexity index is 1210. The molecule has 7 nitrogen and oxygen atoms in total. The second-order valence-electron chi connectivity index (χ2n) is 8.75. The highest BCUT2D eigenvalue weighted by Gasteiger charge is 2.27. The predicted octanol–water partition coefficient (Wildman–Crippen LogP) is 4.18.